The van der Waals surface area contributed by atoms with E-state index in [4.69, 9.17) is 11.6 Å². The number of hydrogen-bond acceptors (Lipinski definition) is 5. The van der Waals surface area contributed by atoms with Crippen LogP contribution in [-0.2, 0) is 4.79 Å². The number of non-ortho nitro benzene ring substituents is 1. The molecule has 9 heteroatoms. The summed E-state index contributed by atoms with van der Waals surface area (Å²) in [5.41, 5.74) is 0.664. The number of nitro groups is 1. The molecule has 0 aliphatic carbocycles. The highest BCUT2D eigenvalue weighted by Gasteiger charge is 2.14. The fourth-order valence-corrected chi connectivity index (χ4v) is 3.02. The summed E-state index contributed by atoms with van der Waals surface area (Å²) < 4.78 is 0. The largest absolute Gasteiger partial charge is 0.352 e. The number of thioether (sulfide) groups is 1. The predicted octanol–water partition coefficient (Wildman–Crippen LogP) is 4.12. The number of carbonyl (C=O) groups is 2. The molecule has 2 aromatic carbocycles. The Kier molecular flexibility index (Phi) is 7.63. The molecule has 2 aromatic rings. The maximum absolute atomic E-state index is 12.2. The number of anilines is 1. The van der Waals surface area contributed by atoms with Gasteiger partial charge in [0, 0.05) is 28.6 Å². The van der Waals surface area contributed by atoms with E-state index in [0.29, 0.717) is 22.8 Å². The number of amides is 2. The van der Waals surface area contributed by atoms with Gasteiger partial charge in [0.2, 0.25) is 5.91 Å². The van der Waals surface area contributed by atoms with Crippen LogP contribution < -0.4 is 10.6 Å². The van der Waals surface area contributed by atoms with Crippen molar-refractivity contribution in [1.29, 1.82) is 0 Å². The first-order valence-corrected chi connectivity index (χ1v) is 9.52. The van der Waals surface area contributed by atoms with Crippen molar-refractivity contribution in [3.8, 4) is 0 Å². The molecule has 0 spiro atoms. The summed E-state index contributed by atoms with van der Waals surface area (Å²) in [6, 6.07) is 10.6. The molecule has 0 saturated heterocycles. The lowest BCUT2D eigenvalue weighted by molar-refractivity contribution is -0.384. The van der Waals surface area contributed by atoms with Crippen molar-refractivity contribution in [3.05, 3.63) is 63.2 Å². The van der Waals surface area contributed by atoms with Gasteiger partial charge in [0.1, 0.15) is 0 Å². The van der Waals surface area contributed by atoms with E-state index in [1.54, 1.807) is 24.3 Å². The van der Waals surface area contributed by atoms with Crippen molar-refractivity contribution in [1.82, 2.24) is 5.32 Å². The third-order valence-corrected chi connectivity index (χ3v) is 4.70. The van der Waals surface area contributed by atoms with Crippen molar-refractivity contribution in [2.75, 3.05) is 17.6 Å². The van der Waals surface area contributed by atoms with Crippen LogP contribution in [0.2, 0.25) is 5.02 Å². The number of hydrogen-bond donors (Lipinski definition) is 2. The molecule has 27 heavy (non-hydrogen) atoms. The summed E-state index contributed by atoms with van der Waals surface area (Å²) in [5.74, 6) is -0.516. The molecule has 0 fully saturated rings. The number of benzene rings is 2. The molecular weight excluding hydrogens is 390 g/mol. The number of nitrogens with zero attached hydrogens (tertiary/aromatic N) is 1. The van der Waals surface area contributed by atoms with Crippen molar-refractivity contribution in [2.45, 2.75) is 18.2 Å². The Morgan fingerprint density at radius 1 is 1.19 bits per heavy atom. The minimum atomic E-state index is -0.481. The Balaban J connectivity index is 2.01. The van der Waals surface area contributed by atoms with Crippen LogP contribution in [0.1, 0.15) is 23.7 Å². The van der Waals surface area contributed by atoms with Gasteiger partial charge in [0.15, 0.2) is 0 Å². The standard InChI is InChI=1S/C18H18ClN3O4S/c1-2-9-20-18(24)15-8-3-12(19)10-16(15)21-17(23)11-27-14-6-4-13(5-7-14)22(25)26/h3-8,10H,2,9,11H2,1H3,(H,20,24)(H,21,23). The molecule has 0 bridgehead atoms. The smallest absolute Gasteiger partial charge is 0.269 e. The molecule has 142 valence electrons. The monoisotopic (exact) mass is 407 g/mol. The molecular formula is C18H18ClN3O4S. The Morgan fingerprint density at radius 3 is 2.52 bits per heavy atom. The lowest BCUT2D eigenvalue weighted by atomic mass is 10.1. The third-order valence-electron chi connectivity index (χ3n) is 3.45. The lowest BCUT2D eigenvalue weighted by Gasteiger charge is -2.12. The maximum atomic E-state index is 12.2. The fourth-order valence-electron chi connectivity index (χ4n) is 2.15. The van der Waals surface area contributed by atoms with Gasteiger partial charge in [-0.25, -0.2) is 0 Å². The van der Waals surface area contributed by atoms with Crippen LogP contribution in [0, 0.1) is 10.1 Å². The van der Waals surface area contributed by atoms with Crippen LogP contribution in [0.4, 0.5) is 11.4 Å². The van der Waals surface area contributed by atoms with Crippen molar-refractivity contribution in [2.24, 2.45) is 0 Å². The van der Waals surface area contributed by atoms with E-state index < -0.39 is 4.92 Å². The Hall–Kier alpha value is -2.58. The van der Waals surface area contributed by atoms with Crippen molar-refractivity contribution in [3.63, 3.8) is 0 Å². The van der Waals surface area contributed by atoms with Crippen LogP contribution >= 0.6 is 23.4 Å². The van der Waals surface area contributed by atoms with Gasteiger partial charge in [0.25, 0.3) is 11.6 Å². The summed E-state index contributed by atoms with van der Waals surface area (Å²) in [4.78, 5) is 35.4. The zero-order valence-electron chi connectivity index (χ0n) is 14.5. The SMILES string of the molecule is CCCNC(=O)c1ccc(Cl)cc1NC(=O)CSc1ccc([N+](=O)[O-])cc1. The quantitative estimate of drug-likeness (QED) is 0.389. The van der Waals surface area contributed by atoms with Gasteiger partial charge in [-0.15, -0.1) is 11.8 Å². The van der Waals surface area contributed by atoms with Gasteiger partial charge >= 0.3 is 0 Å². The topological polar surface area (TPSA) is 101 Å². The number of halogens is 1. The number of carbonyl (C=O) groups excluding carboxylic acids is 2. The van der Waals surface area contributed by atoms with Gasteiger partial charge in [-0.3, -0.25) is 19.7 Å². The zero-order valence-corrected chi connectivity index (χ0v) is 16.1. The molecule has 0 unspecified atom stereocenters. The summed E-state index contributed by atoms with van der Waals surface area (Å²) in [6.45, 7) is 2.48. The second kappa shape index (κ2) is 9.94. The van der Waals surface area contributed by atoms with Crippen LogP contribution in [0.5, 0.6) is 0 Å². The van der Waals surface area contributed by atoms with Crippen LogP contribution in [0.3, 0.4) is 0 Å². The van der Waals surface area contributed by atoms with Crippen molar-refractivity contribution >= 4 is 46.6 Å². The van der Waals surface area contributed by atoms with E-state index in [9.17, 15) is 19.7 Å². The number of rotatable bonds is 8. The molecule has 0 aliphatic rings. The van der Waals surface area contributed by atoms with E-state index >= 15 is 0 Å². The summed E-state index contributed by atoms with van der Waals surface area (Å²) in [6.07, 6.45) is 0.799. The maximum Gasteiger partial charge on any atom is 0.269 e. The van der Waals surface area contributed by atoms with Gasteiger partial charge in [-0.05, 0) is 36.8 Å². The Morgan fingerprint density at radius 2 is 1.89 bits per heavy atom. The molecule has 0 heterocycles. The van der Waals surface area contributed by atoms with E-state index in [0.717, 1.165) is 11.3 Å². The van der Waals surface area contributed by atoms with Crippen molar-refractivity contribution < 1.29 is 14.5 Å². The molecule has 2 N–H and O–H groups in total. The molecule has 7 nitrogen and oxygen atoms in total. The van der Waals surface area contributed by atoms with E-state index in [-0.39, 0.29) is 23.3 Å². The van der Waals surface area contributed by atoms with Crippen LogP contribution in [-0.4, -0.2) is 29.0 Å². The second-order valence-electron chi connectivity index (χ2n) is 5.53. The molecule has 0 radical (unpaired) electrons. The first-order chi connectivity index (χ1) is 12.9. The van der Waals surface area contributed by atoms with E-state index in [2.05, 4.69) is 10.6 Å². The Bertz CT molecular complexity index is 843. The lowest BCUT2D eigenvalue weighted by Crippen LogP contribution is -2.26. The molecule has 0 aromatic heterocycles. The third kappa shape index (κ3) is 6.26. The normalized spacial score (nSPS) is 10.3. The minimum absolute atomic E-state index is 0.00883. The minimum Gasteiger partial charge on any atom is -0.352 e. The van der Waals surface area contributed by atoms with E-state index in [1.807, 2.05) is 6.92 Å². The van der Waals surface area contributed by atoms with Gasteiger partial charge in [0.05, 0.1) is 21.9 Å². The highest BCUT2D eigenvalue weighted by molar-refractivity contribution is 8.00. The zero-order chi connectivity index (χ0) is 19.8. The van der Waals surface area contributed by atoms with Crippen LogP contribution in [0.25, 0.3) is 0 Å². The average molecular weight is 408 g/mol. The molecule has 2 amide bonds. The number of nitrogens with one attached hydrogen (secondary N) is 2. The molecule has 0 aliphatic heterocycles. The Labute approximate surface area is 165 Å². The molecule has 2 rings (SSSR count). The first kappa shape index (κ1) is 20.7. The molecule has 0 saturated carbocycles. The highest BCUT2D eigenvalue weighted by atomic mass is 35.5. The summed E-state index contributed by atoms with van der Waals surface area (Å²) in [7, 11) is 0. The van der Waals surface area contributed by atoms with Gasteiger partial charge in [-0.1, -0.05) is 18.5 Å². The average Bonchev–Trinajstić information content (AvgIpc) is 2.65. The predicted molar refractivity (Wildman–Crippen MR) is 107 cm³/mol. The number of nitro benzene ring substituents is 1. The highest BCUT2D eigenvalue weighted by Crippen LogP contribution is 2.24. The van der Waals surface area contributed by atoms with Gasteiger partial charge in [-0.2, -0.15) is 0 Å². The van der Waals surface area contributed by atoms with Gasteiger partial charge < -0.3 is 10.6 Å². The van der Waals surface area contributed by atoms with E-state index in [1.165, 1.54) is 30.0 Å². The van der Waals surface area contributed by atoms with Crippen LogP contribution in [0.15, 0.2) is 47.4 Å². The summed E-state index contributed by atoms with van der Waals surface area (Å²) in [5, 5.41) is 16.5. The first-order valence-electron chi connectivity index (χ1n) is 8.15. The molecule has 0 atom stereocenters. The summed E-state index contributed by atoms with van der Waals surface area (Å²) >= 11 is 7.21. The second-order valence-corrected chi connectivity index (χ2v) is 7.02. The fraction of sp³-hybridized carbons (Fsp3) is 0.222.